The van der Waals surface area contributed by atoms with Gasteiger partial charge in [0, 0.05) is 50.7 Å². The summed E-state index contributed by atoms with van der Waals surface area (Å²) in [5, 5.41) is 3.14. The van der Waals surface area contributed by atoms with Gasteiger partial charge >= 0.3 is 0 Å². The quantitative estimate of drug-likeness (QED) is 0.437. The van der Waals surface area contributed by atoms with E-state index in [9.17, 15) is 9.18 Å². The number of rotatable bonds is 10. The van der Waals surface area contributed by atoms with E-state index in [1.54, 1.807) is 24.5 Å². The molecule has 2 heterocycles. The second-order valence-corrected chi connectivity index (χ2v) is 9.06. The fourth-order valence-electron chi connectivity index (χ4n) is 4.50. The number of benzene rings is 2. The SMILES string of the molecule is CCN(CCCNC(=O)C1CCCN(c2ncc(-c3ccc(F)cc3)cn2)C1)Cc1ccccc1. The molecule has 1 aliphatic heterocycles. The molecule has 1 N–H and O–H groups in total. The first kappa shape index (κ1) is 24.8. The molecule has 35 heavy (non-hydrogen) atoms. The maximum Gasteiger partial charge on any atom is 0.225 e. The normalized spacial score (nSPS) is 15.9. The van der Waals surface area contributed by atoms with Crippen LogP contribution in [0, 0.1) is 11.7 Å². The Morgan fingerprint density at radius 3 is 2.54 bits per heavy atom. The van der Waals surface area contributed by atoms with Crippen LogP contribution in [0.5, 0.6) is 0 Å². The lowest BCUT2D eigenvalue weighted by molar-refractivity contribution is -0.125. The molecule has 2 aromatic carbocycles. The Morgan fingerprint density at radius 2 is 1.83 bits per heavy atom. The van der Waals surface area contributed by atoms with Crippen LogP contribution in [0.25, 0.3) is 11.1 Å². The number of aromatic nitrogens is 2. The number of hydrogen-bond donors (Lipinski definition) is 1. The Labute approximate surface area is 207 Å². The summed E-state index contributed by atoms with van der Waals surface area (Å²) in [5.74, 6) is 0.422. The topological polar surface area (TPSA) is 61.4 Å². The third-order valence-corrected chi connectivity index (χ3v) is 6.54. The minimum absolute atomic E-state index is 0.0595. The third kappa shape index (κ3) is 7.09. The average Bonchev–Trinajstić information content (AvgIpc) is 2.91. The number of carbonyl (C=O) groups excluding carboxylic acids is 1. The molecule has 0 saturated carbocycles. The van der Waals surface area contributed by atoms with Crippen LogP contribution in [0.4, 0.5) is 10.3 Å². The highest BCUT2D eigenvalue weighted by Crippen LogP contribution is 2.23. The van der Waals surface area contributed by atoms with Gasteiger partial charge in [-0.3, -0.25) is 9.69 Å². The summed E-state index contributed by atoms with van der Waals surface area (Å²) in [5.41, 5.74) is 3.03. The number of piperidine rings is 1. The fraction of sp³-hybridized carbons (Fsp3) is 0.393. The molecule has 7 heteroatoms. The van der Waals surface area contributed by atoms with Crippen LogP contribution in [0.1, 0.15) is 31.7 Å². The number of hydrogen-bond acceptors (Lipinski definition) is 5. The largest absolute Gasteiger partial charge is 0.356 e. The Morgan fingerprint density at radius 1 is 1.09 bits per heavy atom. The highest BCUT2D eigenvalue weighted by molar-refractivity contribution is 5.79. The summed E-state index contributed by atoms with van der Waals surface area (Å²) in [7, 11) is 0. The van der Waals surface area contributed by atoms with Crippen molar-refractivity contribution >= 4 is 11.9 Å². The zero-order valence-electron chi connectivity index (χ0n) is 20.4. The molecule has 0 bridgehead atoms. The van der Waals surface area contributed by atoms with Gasteiger partial charge in [-0.1, -0.05) is 49.4 Å². The van der Waals surface area contributed by atoms with E-state index in [1.165, 1.54) is 17.7 Å². The van der Waals surface area contributed by atoms with Gasteiger partial charge in [0.1, 0.15) is 5.82 Å². The van der Waals surface area contributed by atoms with E-state index in [4.69, 9.17) is 0 Å². The lowest BCUT2D eigenvalue weighted by Crippen LogP contribution is -2.44. The van der Waals surface area contributed by atoms with Gasteiger partial charge in [0.05, 0.1) is 5.92 Å². The van der Waals surface area contributed by atoms with Crippen molar-refractivity contribution in [3.05, 3.63) is 78.4 Å². The van der Waals surface area contributed by atoms with Crippen LogP contribution in [0.15, 0.2) is 67.0 Å². The summed E-state index contributed by atoms with van der Waals surface area (Å²) in [6, 6.07) is 16.8. The van der Waals surface area contributed by atoms with Crippen LogP contribution in [0.2, 0.25) is 0 Å². The van der Waals surface area contributed by atoms with Gasteiger partial charge in [0.25, 0.3) is 0 Å². The van der Waals surface area contributed by atoms with Crippen molar-refractivity contribution in [2.75, 3.05) is 37.6 Å². The maximum atomic E-state index is 13.2. The molecule has 0 spiro atoms. The van der Waals surface area contributed by atoms with E-state index in [0.29, 0.717) is 19.0 Å². The summed E-state index contributed by atoms with van der Waals surface area (Å²) in [6.45, 7) is 7.19. The van der Waals surface area contributed by atoms with Gasteiger partial charge < -0.3 is 10.2 Å². The van der Waals surface area contributed by atoms with Crippen molar-refractivity contribution in [1.29, 1.82) is 0 Å². The molecule has 1 unspecified atom stereocenters. The van der Waals surface area contributed by atoms with Crippen molar-refractivity contribution in [3.8, 4) is 11.1 Å². The van der Waals surface area contributed by atoms with E-state index in [-0.39, 0.29) is 17.6 Å². The second kappa shape index (κ2) is 12.4. The highest BCUT2D eigenvalue weighted by Gasteiger charge is 2.27. The summed E-state index contributed by atoms with van der Waals surface area (Å²) in [4.78, 5) is 26.3. The summed E-state index contributed by atoms with van der Waals surface area (Å²) >= 11 is 0. The van der Waals surface area contributed by atoms with E-state index >= 15 is 0 Å². The van der Waals surface area contributed by atoms with E-state index in [2.05, 4.69) is 56.3 Å². The summed E-state index contributed by atoms with van der Waals surface area (Å²) < 4.78 is 13.2. The molecule has 184 valence electrons. The van der Waals surface area contributed by atoms with Crippen LogP contribution in [-0.4, -0.2) is 53.5 Å². The Hall–Kier alpha value is -3.32. The second-order valence-electron chi connectivity index (χ2n) is 9.06. The first-order valence-electron chi connectivity index (χ1n) is 12.5. The van der Waals surface area contributed by atoms with E-state index < -0.39 is 0 Å². The number of halogens is 1. The van der Waals surface area contributed by atoms with Crippen molar-refractivity contribution in [2.24, 2.45) is 5.92 Å². The molecule has 3 aromatic rings. The molecule has 1 aromatic heterocycles. The Bertz CT molecular complexity index is 1060. The Balaban J connectivity index is 1.23. The van der Waals surface area contributed by atoms with E-state index in [1.807, 2.05) is 6.07 Å². The Kier molecular flexibility index (Phi) is 8.79. The predicted octanol–water partition coefficient (Wildman–Crippen LogP) is 4.53. The molecule has 0 aliphatic carbocycles. The first-order chi connectivity index (χ1) is 17.1. The van der Waals surface area contributed by atoms with Gasteiger partial charge in [-0.15, -0.1) is 0 Å². The lowest BCUT2D eigenvalue weighted by Gasteiger charge is -2.32. The van der Waals surface area contributed by atoms with Crippen LogP contribution in [-0.2, 0) is 11.3 Å². The highest BCUT2D eigenvalue weighted by atomic mass is 19.1. The average molecular weight is 476 g/mol. The van der Waals surface area contributed by atoms with Crippen LogP contribution in [0.3, 0.4) is 0 Å². The molecule has 1 fully saturated rings. The van der Waals surface area contributed by atoms with Crippen molar-refractivity contribution in [1.82, 2.24) is 20.2 Å². The number of anilines is 1. The number of carbonyl (C=O) groups is 1. The monoisotopic (exact) mass is 475 g/mol. The number of nitrogens with zero attached hydrogens (tertiary/aromatic N) is 4. The van der Waals surface area contributed by atoms with Crippen molar-refractivity contribution in [3.63, 3.8) is 0 Å². The molecular weight excluding hydrogens is 441 g/mol. The molecule has 1 atom stereocenters. The van der Waals surface area contributed by atoms with Crippen molar-refractivity contribution < 1.29 is 9.18 Å². The lowest BCUT2D eigenvalue weighted by atomic mass is 9.97. The van der Waals surface area contributed by atoms with Gasteiger partial charge in [0.15, 0.2) is 0 Å². The van der Waals surface area contributed by atoms with Crippen LogP contribution < -0.4 is 10.2 Å². The zero-order chi connectivity index (χ0) is 24.5. The fourth-order valence-corrected chi connectivity index (χ4v) is 4.50. The van der Waals surface area contributed by atoms with Crippen LogP contribution >= 0.6 is 0 Å². The molecule has 1 amide bonds. The van der Waals surface area contributed by atoms with E-state index in [0.717, 1.165) is 56.6 Å². The first-order valence-corrected chi connectivity index (χ1v) is 12.5. The zero-order valence-corrected chi connectivity index (χ0v) is 20.4. The molecule has 1 aliphatic rings. The van der Waals surface area contributed by atoms with Gasteiger partial charge in [-0.2, -0.15) is 0 Å². The number of nitrogens with one attached hydrogen (secondary N) is 1. The summed E-state index contributed by atoms with van der Waals surface area (Å²) in [6.07, 6.45) is 6.26. The van der Waals surface area contributed by atoms with Gasteiger partial charge in [-0.25, -0.2) is 14.4 Å². The number of amides is 1. The molecule has 1 saturated heterocycles. The van der Waals surface area contributed by atoms with Crippen molar-refractivity contribution in [2.45, 2.75) is 32.7 Å². The third-order valence-electron chi connectivity index (χ3n) is 6.54. The van der Waals surface area contributed by atoms with Gasteiger partial charge in [0.2, 0.25) is 11.9 Å². The van der Waals surface area contributed by atoms with Gasteiger partial charge in [-0.05, 0) is 49.1 Å². The standard InChI is InChI=1S/C28H34FN5O/c1-2-33(20-22-8-4-3-5-9-22)16-7-15-30-27(35)24-10-6-17-34(21-24)28-31-18-25(19-32-28)23-11-13-26(29)14-12-23/h3-5,8-9,11-14,18-19,24H,2,6-7,10,15-17,20-21H2,1H3,(H,30,35). The minimum Gasteiger partial charge on any atom is -0.356 e. The minimum atomic E-state index is -0.265. The molecule has 6 nitrogen and oxygen atoms in total. The smallest absolute Gasteiger partial charge is 0.225 e. The molecule has 0 radical (unpaired) electrons. The predicted molar refractivity (Wildman–Crippen MR) is 137 cm³/mol. The maximum absolute atomic E-state index is 13.2. The molecular formula is C28H34FN5O. The molecule has 4 rings (SSSR count).